The van der Waals surface area contributed by atoms with Crippen LogP contribution in [0.2, 0.25) is 0 Å². The third kappa shape index (κ3) is 5.68. The normalized spacial score (nSPS) is 18.6. The molecule has 0 aromatic heterocycles. The molecule has 17 heavy (non-hydrogen) atoms. The van der Waals surface area contributed by atoms with Crippen LogP contribution in [-0.2, 0) is 9.53 Å². The third-order valence-electron chi connectivity index (χ3n) is 3.10. The Morgan fingerprint density at radius 1 is 1.35 bits per heavy atom. The van der Waals surface area contributed by atoms with Crippen molar-refractivity contribution in [3.63, 3.8) is 0 Å². The highest BCUT2D eigenvalue weighted by atomic mass is 79.9. The second-order valence-electron chi connectivity index (χ2n) is 4.48. The highest BCUT2D eigenvalue weighted by Gasteiger charge is 2.20. The molecule has 0 unspecified atom stereocenters. The SMILES string of the molecule is CN1CC[NH+](CCOC(=O)C(CBr)CBr)CC1. The molecule has 1 heterocycles. The zero-order valence-corrected chi connectivity index (χ0v) is 13.4. The van der Waals surface area contributed by atoms with Crippen molar-refractivity contribution in [2.45, 2.75) is 0 Å². The van der Waals surface area contributed by atoms with Crippen LogP contribution in [0.15, 0.2) is 0 Å². The lowest BCUT2D eigenvalue weighted by atomic mass is 10.2. The smallest absolute Gasteiger partial charge is 0.310 e. The maximum Gasteiger partial charge on any atom is 0.310 e. The van der Waals surface area contributed by atoms with Gasteiger partial charge in [0.25, 0.3) is 0 Å². The van der Waals surface area contributed by atoms with Gasteiger partial charge >= 0.3 is 5.97 Å². The van der Waals surface area contributed by atoms with Crippen LogP contribution in [0, 0.1) is 5.92 Å². The highest BCUT2D eigenvalue weighted by Crippen LogP contribution is 2.07. The Bertz CT molecular complexity index is 230. The molecule has 1 aliphatic heterocycles. The summed E-state index contributed by atoms with van der Waals surface area (Å²) < 4.78 is 5.28. The van der Waals surface area contributed by atoms with Crippen molar-refractivity contribution in [2.24, 2.45) is 5.92 Å². The van der Waals surface area contributed by atoms with E-state index in [4.69, 9.17) is 4.74 Å². The molecule has 0 radical (unpaired) electrons. The van der Waals surface area contributed by atoms with Crippen LogP contribution < -0.4 is 4.90 Å². The van der Waals surface area contributed by atoms with Crippen LogP contribution in [-0.4, -0.2) is 67.9 Å². The summed E-state index contributed by atoms with van der Waals surface area (Å²) in [6, 6.07) is 0. The van der Waals surface area contributed by atoms with E-state index in [0.717, 1.165) is 32.7 Å². The van der Waals surface area contributed by atoms with Crippen LogP contribution in [0.25, 0.3) is 0 Å². The number of esters is 1. The number of rotatable bonds is 6. The van der Waals surface area contributed by atoms with E-state index in [9.17, 15) is 4.79 Å². The number of carbonyl (C=O) groups excluding carboxylic acids is 1. The fourth-order valence-corrected chi connectivity index (χ4v) is 3.37. The summed E-state index contributed by atoms with van der Waals surface area (Å²) in [4.78, 5) is 15.5. The first-order valence-corrected chi connectivity index (χ1v) is 8.22. The zero-order valence-electron chi connectivity index (χ0n) is 10.3. The van der Waals surface area contributed by atoms with Gasteiger partial charge in [-0.15, -0.1) is 0 Å². The van der Waals surface area contributed by atoms with Gasteiger partial charge in [0.2, 0.25) is 0 Å². The van der Waals surface area contributed by atoms with Gasteiger partial charge < -0.3 is 9.64 Å². The van der Waals surface area contributed by atoms with E-state index in [0.29, 0.717) is 17.3 Å². The van der Waals surface area contributed by atoms with Crippen molar-refractivity contribution in [2.75, 3.05) is 57.0 Å². The minimum absolute atomic E-state index is 0.0718. The predicted octanol–water partition coefficient (Wildman–Crippen LogP) is -0.234. The van der Waals surface area contributed by atoms with Gasteiger partial charge in [0, 0.05) is 23.7 Å². The molecule has 1 aliphatic rings. The second kappa shape index (κ2) is 8.45. The van der Waals surface area contributed by atoms with Crippen molar-refractivity contribution in [3.8, 4) is 0 Å². The summed E-state index contributed by atoms with van der Waals surface area (Å²) in [5.74, 6) is -0.176. The van der Waals surface area contributed by atoms with Gasteiger partial charge in [-0.05, 0) is 7.05 Å². The van der Waals surface area contributed by atoms with Gasteiger partial charge in [-0.2, -0.15) is 0 Å². The number of nitrogens with zero attached hydrogens (tertiary/aromatic N) is 1. The van der Waals surface area contributed by atoms with Gasteiger partial charge in [0.1, 0.15) is 13.2 Å². The van der Waals surface area contributed by atoms with Crippen molar-refractivity contribution in [3.05, 3.63) is 0 Å². The Kier molecular flexibility index (Phi) is 7.66. The molecular formula is C11H21Br2N2O2+. The number of hydrogen-bond donors (Lipinski definition) is 1. The first-order valence-electron chi connectivity index (χ1n) is 5.98. The molecule has 0 aromatic rings. The molecule has 0 amide bonds. The van der Waals surface area contributed by atoms with Gasteiger partial charge in [0.15, 0.2) is 0 Å². The molecule has 4 nitrogen and oxygen atoms in total. The Morgan fingerprint density at radius 2 is 1.94 bits per heavy atom. The highest BCUT2D eigenvalue weighted by molar-refractivity contribution is 9.09. The molecular weight excluding hydrogens is 352 g/mol. The molecule has 0 bridgehead atoms. The molecule has 0 aliphatic carbocycles. The molecule has 100 valence electrons. The Hall–Kier alpha value is 0.350. The lowest BCUT2D eigenvalue weighted by Gasteiger charge is -2.29. The summed E-state index contributed by atoms with van der Waals surface area (Å²) in [6.07, 6.45) is 0. The number of hydrogen-bond acceptors (Lipinski definition) is 3. The largest absolute Gasteiger partial charge is 0.459 e. The number of alkyl halides is 2. The van der Waals surface area contributed by atoms with E-state index in [-0.39, 0.29) is 11.9 Å². The number of nitrogens with one attached hydrogen (secondary N) is 1. The minimum Gasteiger partial charge on any atom is -0.459 e. The molecule has 1 rings (SSSR count). The minimum atomic E-state index is -0.104. The van der Waals surface area contributed by atoms with Crippen molar-refractivity contribution in [1.29, 1.82) is 0 Å². The lowest BCUT2D eigenvalue weighted by molar-refractivity contribution is -0.904. The van der Waals surface area contributed by atoms with E-state index in [1.54, 1.807) is 0 Å². The maximum absolute atomic E-state index is 11.6. The number of halogens is 2. The molecule has 0 saturated carbocycles. The topological polar surface area (TPSA) is 34.0 Å². The zero-order chi connectivity index (χ0) is 12.7. The average molecular weight is 373 g/mol. The molecule has 0 aromatic carbocycles. The van der Waals surface area contributed by atoms with Crippen molar-refractivity contribution < 1.29 is 14.4 Å². The van der Waals surface area contributed by atoms with E-state index >= 15 is 0 Å². The molecule has 6 heteroatoms. The number of quaternary nitrogens is 1. The van der Waals surface area contributed by atoms with Crippen LogP contribution in [0.1, 0.15) is 0 Å². The van der Waals surface area contributed by atoms with Gasteiger partial charge in [-0.1, -0.05) is 31.9 Å². The van der Waals surface area contributed by atoms with Crippen LogP contribution in [0.4, 0.5) is 0 Å². The second-order valence-corrected chi connectivity index (χ2v) is 5.77. The Morgan fingerprint density at radius 3 is 2.47 bits per heavy atom. The Balaban J connectivity index is 2.13. The van der Waals surface area contributed by atoms with E-state index in [1.165, 1.54) is 4.90 Å². The van der Waals surface area contributed by atoms with Gasteiger partial charge in [-0.25, -0.2) is 0 Å². The number of piperazine rings is 1. The number of carbonyl (C=O) groups is 1. The summed E-state index contributed by atoms with van der Waals surface area (Å²) in [5.41, 5.74) is 0. The number of likely N-dealkylation sites (N-methyl/N-ethyl adjacent to an activating group) is 1. The lowest BCUT2D eigenvalue weighted by Crippen LogP contribution is -3.15. The molecule has 1 saturated heterocycles. The molecule has 0 atom stereocenters. The van der Waals surface area contributed by atoms with Crippen LogP contribution in [0.3, 0.4) is 0 Å². The summed E-state index contributed by atoms with van der Waals surface area (Å²) in [5, 5.41) is 1.30. The maximum atomic E-state index is 11.6. The van der Waals surface area contributed by atoms with E-state index < -0.39 is 0 Å². The molecule has 1 N–H and O–H groups in total. The molecule has 0 spiro atoms. The van der Waals surface area contributed by atoms with E-state index in [1.807, 2.05) is 0 Å². The van der Waals surface area contributed by atoms with Crippen molar-refractivity contribution in [1.82, 2.24) is 4.90 Å². The quantitative estimate of drug-likeness (QED) is 0.516. The van der Waals surface area contributed by atoms with Crippen LogP contribution >= 0.6 is 31.9 Å². The first kappa shape index (κ1) is 15.4. The average Bonchev–Trinajstić information content (AvgIpc) is 2.33. The summed E-state index contributed by atoms with van der Waals surface area (Å²) >= 11 is 6.62. The van der Waals surface area contributed by atoms with Crippen LogP contribution in [0.5, 0.6) is 0 Å². The summed E-state index contributed by atoms with van der Waals surface area (Å²) in [6.45, 7) is 6.03. The fraction of sp³-hybridized carbons (Fsp3) is 0.909. The Labute approximate surface area is 120 Å². The third-order valence-corrected chi connectivity index (χ3v) is 4.66. The monoisotopic (exact) mass is 371 g/mol. The molecule has 1 fully saturated rings. The first-order chi connectivity index (χ1) is 8.17. The fourth-order valence-electron chi connectivity index (χ4n) is 1.77. The van der Waals surface area contributed by atoms with Gasteiger partial charge in [0.05, 0.1) is 19.0 Å². The van der Waals surface area contributed by atoms with Gasteiger partial charge in [-0.3, -0.25) is 9.69 Å². The van der Waals surface area contributed by atoms with E-state index in [2.05, 4.69) is 43.8 Å². The predicted molar refractivity (Wildman–Crippen MR) is 75.1 cm³/mol. The standard InChI is InChI=1S/C11H20Br2N2O2/c1-14-2-4-15(5-3-14)6-7-17-11(16)10(8-12)9-13/h10H,2-9H2,1H3/p+1. The number of ether oxygens (including phenoxy) is 1. The van der Waals surface area contributed by atoms with Crippen molar-refractivity contribution >= 4 is 37.8 Å². The summed E-state index contributed by atoms with van der Waals surface area (Å²) in [7, 11) is 2.15.